The summed E-state index contributed by atoms with van der Waals surface area (Å²) in [5.74, 6) is 0.473. The van der Waals surface area contributed by atoms with Gasteiger partial charge in [0.15, 0.2) is 0 Å². The zero-order valence-corrected chi connectivity index (χ0v) is 14.2. The van der Waals surface area contributed by atoms with Gasteiger partial charge in [-0.25, -0.2) is 4.68 Å². The summed E-state index contributed by atoms with van der Waals surface area (Å²) in [4.78, 5) is 29.8. The molecule has 0 N–H and O–H groups in total. The molecule has 7 heteroatoms. The second-order valence-electron chi connectivity index (χ2n) is 6.54. The number of aryl methyl sites for hydroxylation is 2. The third kappa shape index (κ3) is 3.97. The Bertz CT molecular complexity index is 818. The van der Waals surface area contributed by atoms with E-state index in [4.69, 9.17) is 0 Å². The smallest absolute Gasteiger partial charge is 0.268 e. The summed E-state index contributed by atoms with van der Waals surface area (Å²) in [5, 5.41) is 4.32. The quantitative estimate of drug-likeness (QED) is 0.819. The average Bonchev–Trinajstić information content (AvgIpc) is 2.56. The maximum atomic E-state index is 11.9. The van der Waals surface area contributed by atoms with Crippen molar-refractivity contribution in [2.24, 2.45) is 13.0 Å². The first-order valence-corrected chi connectivity index (χ1v) is 8.30. The van der Waals surface area contributed by atoms with Crippen LogP contribution in [0.3, 0.4) is 0 Å². The van der Waals surface area contributed by atoms with Gasteiger partial charge in [0.05, 0.1) is 17.6 Å². The number of aromatic nitrogens is 4. The molecule has 0 bridgehead atoms. The van der Waals surface area contributed by atoms with Crippen LogP contribution in [0.4, 0.5) is 0 Å². The summed E-state index contributed by atoms with van der Waals surface area (Å²) in [6.07, 6.45) is 5.24. The van der Waals surface area contributed by atoms with Crippen molar-refractivity contribution >= 4 is 0 Å². The molecule has 0 saturated carbocycles. The molecule has 1 saturated heterocycles. The van der Waals surface area contributed by atoms with Crippen LogP contribution in [0.2, 0.25) is 0 Å². The molecule has 3 rings (SSSR count). The Morgan fingerprint density at radius 2 is 1.92 bits per heavy atom. The number of nitrogens with zero attached hydrogens (tertiary/aromatic N) is 5. The minimum atomic E-state index is -0.0893. The molecule has 0 radical (unpaired) electrons. The SMILES string of the molecule is Cc1ccc(=O)n(CC2CCN(Cc3cn(C)c(=O)cn3)CC2)n1. The van der Waals surface area contributed by atoms with Gasteiger partial charge >= 0.3 is 0 Å². The van der Waals surface area contributed by atoms with Gasteiger partial charge in [-0.05, 0) is 44.8 Å². The number of likely N-dealkylation sites (tertiary alicyclic amines) is 1. The van der Waals surface area contributed by atoms with Crippen LogP contribution < -0.4 is 11.1 Å². The van der Waals surface area contributed by atoms with E-state index in [1.807, 2.05) is 6.92 Å². The summed E-state index contributed by atoms with van der Waals surface area (Å²) in [6, 6.07) is 3.34. The molecule has 0 aromatic carbocycles. The van der Waals surface area contributed by atoms with Gasteiger partial charge in [-0.15, -0.1) is 0 Å². The highest BCUT2D eigenvalue weighted by molar-refractivity contribution is 4.98. The normalized spacial score (nSPS) is 16.4. The largest absolute Gasteiger partial charge is 0.315 e. The Hall–Kier alpha value is -2.28. The first-order valence-electron chi connectivity index (χ1n) is 8.30. The minimum Gasteiger partial charge on any atom is -0.315 e. The van der Waals surface area contributed by atoms with E-state index >= 15 is 0 Å². The number of hydrogen-bond acceptors (Lipinski definition) is 5. The molecule has 0 aliphatic carbocycles. The van der Waals surface area contributed by atoms with Crippen LogP contribution in [0, 0.1) is 12.8 Å². The predicted octanol–water partition coefficient (Wildman–Crippen LogP) is 0.558. The molecule has 1 aliphatic rings. The highest BCUT2D eigenvalue weighted by Gasteiger charge is 2.20. The first kappa shape index (κ1) is 16.6. The zero-order valence-electron chi connectivity index (χ0n) is 14.2. The minimum absolute atomic E-state index is 0.0302. The van der Waals surface area contributed by atoms with Crippen molar-refractivity contribution in [2.45, 2.75) is 32.9 Å². The molecule has 2 aromatic heterocycles. The molecule has 1 fully saturated rings. The molecule has 3 heterocycles. The molecule has 128 valence electrons. The number of piperidine rings is 1. The van der Waals surface area contributed by atoms with Crippen LogP contribution in [0.25, 0.3) is 0 Å². The van der Waals surface area contributed by atoms with Gasteiger partial charge in [0, 0.05) is 32.4 Å². The molecular formula is C17H23N5O2. The van der Waals surface area contributed by atoms with E-state index in [2.05, 4.69) is 15.0 Å². The Morgan fingerprint density at radius 3 is 2.62 bits per heavy atom. The van der Waals surface area contributed by atoms with Crippen molar-refractivity contribution in [3.63, 3.8) is 0 Å². The van der Waals surface area contributed by atoms with Crippen LogP contribution in [0.15, 0.2) is 34.1 Å². The third-order valence-corrected chi connectivity index (χ3v) is 4.55. The van der Waals surface area contributed by atoms with Crippen LogP contribution in [0.1, 0.15) is 24.2 Å². The average molecular weight is 329 g/mol. The summed E-state index contributed by atoms with van der Waals surface area (Å²) < 4.78 is 3.15. The second-order valence-corrected chi connectivity index (χ2v) is 6.54. The van der Waals surface area contributed by atoms with E-state index < -0.39 is 0 Å². The van der Waals surface area contributed by atoms with Crippen LogP contribution in [0.5, 0.6) is 0 Å². The maximum Gasteiger partial charge on any atom is 0.268 e. The lowest BCUT2D eigenvalue weighted by Crippen LogP contribution is -2.37. The van der Waals surface area contributed by atoms with E-state index in [1.165, 1.54) is 6.20 Å². The van der Waals surface area contributed by atoms with Gasteiger partial charge in [-0.2, -0.15) is 5.10 Å². The molecule has 24 heavy (non-hydrogen) atoms. The van der Waals surface area contributed by atoms with Crippen LogP contribution in [-0.2, 0) is 20.1 Å². The predicted molar refractivity (Wildman–Crippen MR) is 90.7 cm³/mol. The molecule has 0 spiro atoms. The monoisotopic (exact) mass is 329 g/mol. The maximum absolute atomic E-state index is 11.9. The molecule has 0 atom stereocenters. The number of hydrogen-bond donors (Lipinski definition) is 0. The lowest BCUT2D eigenvalue weighted by atomic mass is 9.97. The lowest BCUT2D eigenvalue weighted by Gasteiger charge is -2.31. The molecular weight excluding hydrogens is 306 g/mol. The Morgan fingerprint density at radius 1 is 1.17 bits per heavy atom. The summed E-state index contributed by atoms with van der Waals surface area (Å²) in [5.41, 5.74) is 1.66. The van der Waals surface area contributed by atoms with E-state index in [0.29, 0.717) is 12.5 Å². The fraction of sp³-hybridized carbons (Fsp3) is 0.529. The van der Waals surface area contributed by atoms with Gasteiger partial charge in [0.1, 0.15) is 0 Å². The van der Waals surface area contributed by atoms with Crippen LogP contribution in [-0.4, -0.2) is 37.3 Å². The van der Waals surface area contributed by atoms with Gasteiger partial charge in [0.25, 0.3) is 11.1 Å². The van der Waals surface area contributed by atoms with Crippen LogP contribution >= 0.6 is 0 Å². The molecule has 0 unspecified atom stereocenters. The summed E-state index contributed by atoms with van der Waals surface area (Å²) in [7, 11) is 1.74. The molecule has 1 aliphatic heterocycles. The lowest BCUT2D eigenvalue weighted by molar-refractivity contribution is 0.161. The Balaban J connectivity index is 1.55. The Labute approximate surface area is 140 Å². The standard InChI is InChI=1S/C17H23N5O2/c1-13-3-4-16(23)22(19-13)10-14-5-7-21(8-6-14)12-15-11-20(2)17(24)9-18-15/h3-4,9,11,14H,5-8,10,12H2,1-2H3. The number of rotatable bonds is 4. The van der Waals surface area contributed by atoms with E-state index in [-0.39, 0.29) is 11.1 Å². The summed E-state index contributed by atoms with van der Waals surface area (Å²) >= 11 is 0. The van der Waals surface area contributed by atoms with Crippen molar-refractivity contribution in [1.29, 1.82) is 0 Å². The van der Waals surface area contributed by atoms with E-state index in [1.54, 1.807) is 34.6 Å². The molecule has 7 nitrogen and oxygen atoms in total. The van der Waals surface area contributed by atoms with Crippen molar-refractivity contribution in [3.05, 3.63) is 56.6 Å². The van der Waals surface area contributed by atoms with Gasteiger partial charge < -0.3 is 4.57 Å². The molecule has 2 aromatic rings. The molecule has 0 amide bonds. The van der Waals surface area contributed by atoms with Gasteiger partial charge in [-0.1, -0.05) is 0 Å². The first-order chi connectivity index (χ1) is 11.5. The zero-order chi connectivity index (χ0) is 17.1. The summed E-state index contributed by atoms with van der Waals surface area (Å²) in [6.45, 7) is 5.28. The topological polar surface area (TPSA) is 73.0 Å². The highest BCUT2D eigenvalue weighted by Crippen LogP contribution is 2.19. The fourth-order valence-corrected chi connectivity index (χ4v) is 3.11. The highest BCUT2D eigenvalue weighted by atomic mass is 16.1. The second kappa shape index (κ2) is 7.09. The fourth-order valence-electron chi connectivity index (χ4n) is 3.11. The van der Waals surface area contributed by atoms with Gasteiger partial charge in [0.2, 0.25) is 0 Å². The van der Waals surface area contributed by atoms with Gasteiger partial charge in [-0.3, -0.25) is 19.5 Å². The van der Waals surface area contributed by atoms with Crippen molar-refractivity contribution in [3.8, 4) is 0 Å². The van der Waals surface area contributed by atoms with E-state index in [9.17, 15) is 9.59 Å². The van der Waals surface area contributed by atoms with Crippen molar-refractivity contribution in [2.75, 3.05) is 13.1 Å². The Kier molecular flexibility index (Phi) is 4.89. The van der Waals surface area contributed by atoms with Crippen molar-refractivity contribution in [1.82, 2.24) is 24.2 Å². The third-order valence-electron chi connectivity index (χ3n) is 4.55. The van der Waals surface area contributed by atoms with Crippen molar-refractivity contribution < 1.29 is 0 Å². The van der Waals surface area contributed by atoms with E-state index in [0.717, 1.165) is 43.9 Å².